The molecule has 1 aliphatic rings. The van der Waals surface area contributed by atoms with Gasteiger partial charge in [-0.25, -0.2) is 21.6 Å². The van der Waals surface area contributed by atoms with Crippen LogP contribution in [0, 0.1) is 17.1 Å². The van der Waals surface area contributed by atoms with Crippen molar-refractivity contribution >= 4 is 15.8 Å². The molecule has 0 saturated heterocycles. The molecule has 0 spiro atoms. The molecule has 13 heteroatoms. The van der Waals surface area contributed by atoms with Crippen molar-refractivity contribution in [3.63, 3.8) is 0 Å². The Morgan fingerprint density at radius 3 is 2.56 bits per heavy atom. The van der Waals surface area contributed by atoms with Crippen LogP contribution >= 0.6 is 0 Å². The predicted octanol–water partition coefficient (Wildman–Crippen LogP) is 3.91. The number of carboxylic acids is 1. The fraction of sp³-hybridized carbons (Fsp3) is 0.263. The van der Waals surface area contributed by atoms with E-state index in [0.717, 1.165) is 24.3 Å². The first-order valence-electron chi connectivity index (χ1n) is 8.81. The number of carbonyl (C=O) groups is 1. The number of aliphatic carboxylic acids is 1. The van der Waals surface area contributed by atoms with E-state index in [1.807, 2.05) is 5.32 Å². The highest BCUT2D eigenvalue weighted by Crippen LogP contribution is 2.54. The molecule has 32 heavy (non-hydrogen) atoms. The fourth-order valence-electron chi connectivity index (χ4n) is 3.27. The van der Waals surface area contributed by atoms with Crippen LogP contribution in [0.1, 0.15) is 35.6 Å². The molecule has 2 N–H and O–H groups in total. The van der Waals surface area contributed by atoms with Gasteiger partial charge in [0.15, 0.2) is 0 Å². The van der Waals surface area contributed by atoms with Crippen LogP contribution in [0.15, 0.2) is 35.2 Å². The van der Waals surface area contributed by atoms with Crippen LogP contribution in [-0.2, 0) is 14.6 Å². The highest BCUT2D eigenvalue weighted by atomic mass is 32.2. The second-order valence-electron chi connectivity index (χ2n) is 6.68. The Hall–Kier alpha value is -3.24. The maximum absolute atomic E-state index is 14.7. The van der Waals surface area contributed by atoms with Crippen molar-refractivity contribution in [1.82, 2.24) is 5.32 Å². The first-order chi connectivity index (χ1) is 14.9. The second-order valence-corrected chi connectivity index (χ2v) is 8.67. The quantitative estimate of drug-likeness (QED) is 0.582. The standard InChI is InChI=1S/C19H13F5N2O5S/c20-10-5-9(8-25)6-11(7-10)31-12-1-2-13-16(15(12)18(21)22)17(26-4-3-14(27)28)19(23,24)32(13,29)30/h1-2,5-7,17-18,26H,3-4H2,(H,27,28). The fourth-order valence-corrected chi connectivity index (χ4v) is 4.84. The van der Waals surface area contributed by atoms with Crippen LogP contribution in [-0.4, -0.2) is 31.3 Å². The van der Waals surface area contributed by atoms with Gasteiger partial charge in [0.25, 0.3) is 6.43 Å². The minimum absolute atomic E-state index is 0.206. The number of halogens is 5. The summed E-state index contributed by atoms with van der Waals surface area (Å²) in [5, 5.41) is 15.1. The van der Waals surface area contributed by atoms with Crippen LogP contribution in [0.25, 0.3) is 0 Å². The van der Waals surface area contributed by atoms with Crippen LogP contribution in [0.5, 0.6) is 11.5 Å². The number of alkyl halides is 4. The van der Waals surface area contributed by atoms with Crippen molar-refractivity contribution in [2.75, 3.05) is 6.54 Å². The summed E-state index contributed by atoms with van der Waals surface area (Å²) < 4.78 is 101. The van der Waals surface area contributed by atoms with Gasteiger partial charge in [-0.3, -0.25) is 4.79 Å². The molecule has 0 fully saturated rings. The number of carboxylic acid groups (broad SMARTS) is 1. The first kappa shape index (κ1) is 23.4. The van der Waals surface area contributed by atoms with Gasteiger partial charge in [-0.2, -0.15) is 14.0 Å². The molecule has 0 aliphatic carbocycles. The summed E-state index contributed by atoms with van der Waals surface area (Å²) in [7, 11) is -5.38. The molecule has 0 radical (unpaired) electrons. The van der Waals surface area contributed by atoms with E-state index in [9.17, 15) is 35.2 Å². The molecule has 1 heterocycles. The number of sulfone groups is 1. The third kappa shape index (κ3) is 3.98. The molecule has 1 aliphatic heterocycles. The lowest BCUT2D eigenvalue weighted by Gasteiger charge is -2.22. The summed E-state index contributed by atoms with van der Waals surface area (Å²) in [5.41, 5.74) is -2.36. The monoisotopic (exact) mass is 476 g/mol. The Labute approximate surface area is 178 Å². The Morgan fingerprint density at radius 2 is 1.97 bits per heavy atom. The summed E-state index contributed by atoms with van der Waals surface area (Å²) in [6, 6.07) is 3.16. The predicted molar refractivity (Wildman–Crippen MR) is 97.7 cm³/mol. The van der Waals surface area contributed by atoms with E-state index < -0.39 is 79.8 Å². The summed E-state index contributed by atoms with van der Waals surface area (Å²) in [5.74, 6) is -3.44. The molecule has 0 amide bonds. The van der Waals surface area contributed by atoms with Crippen molar-refractivity contribution in [2.24, 2.45) is 0 Å². The first-order valence-corrected chi connectivity index (χ1v) is 10.3. The number of fused-ring (bicyclic) bond motifs is 1. The molecular weight excluding hydrogens is 463 g/mol. The molecule has 0 aromatic heterocycles. The summed E-state index contributed by atoms with van der Waals surface area (Å²) in [6.07, 6.45) is -4.17. The van der Waals surface area contributed by atoms with Crippen LogP contribution in [0.3, 0.4) is 0 Å². The summed E-state index contributed by atoms with van der Waals surface area (Å²) in [6.45, 7) is -0.631. The zero-order valence-corrected chi connectivity index (χ0v) is 16.6. The number of nitrogens with one attached hydrogen (secondary N) is 1. The summed E-state index contributed by atoms with van der Waals surface area (Å²) >= 11 is 0. The third-order valence-corrected chi connectivity index (χ3v) is 6.50. The van der Waals surface area contributed by atoms with E-state index in [-0.39, 0.29) is 5.56 Å². The van der Waals surface area contributed by atoms with E-state index in [1.165, 1.54) is 0 Å². The minimum atomic E-state index is -5.38. The van der Waals surface area contributed by atoms with Gasteiger partial charge in [0.05, 0.1) is 28.5 Å². The maximum atomic E-state index is 14.7. The normalized spacial score (nSPS) is 18.2. The van der Waals surface area contributed by atoms with Gasteiger partial charge >= 0.3 is 11.2 Å². The molecule has 3 rings (SSSR count). The third-order valence-electron chi connectivity index (χ3n) is 4.61. The van der Waals surface area contributed by atoms with E-state index in [0.29, 0.717) is 6.07 Å². The smallest absolute Gasteiger partial charge is 0.368 e. The van der Waals surface area contributed by atoms with Crippen LogP contribution in [0.4, 0.5) is 22.0 Å². The number of nitrogens with zero attached hydrogens (tertiary/aromatic N) is 1. The number of hydrogen-bond acceptors (Lipinski definition) is 6. The Kier molecular flexibility index (Phi) is 6.12. The van der Waals surface area contributed by atoms with Crippen molar-refractivity contribution in [1.29, 1.82) is 5.26 Å². The van der Waals surface area contributed by atoms with Gasteiger partial charge in [0.2, 0.25) is 9.84 Å². The average molecular weight is 476 g/mol. The van der Waals surface area contributed by atoms with Crippen molar-refractivity contribution in [3.05, 3.63) is 52.8 Å². The van der Waals surface area contributed by atoms with Gasteiger partial charge in [0, 0.05) is 18.2 Å². The Morgan fingerprint density at radius 1 is 1.28 bits per heavy atom. The molecule has 2 aromatic carbocycles. The Bertz CT molecular complexity index is 1230. The number of benzene rings is 2. The van der Waals surface area contributed by atoms with Crippen molar-refractivity contribution in [2.45, 2.75) is 29.0 Å². The van der Waals surface area contributed by atoms with Crippen LogP contribution in [0.2, 0.25) is 0 Å². The zero-order chi connectivity index (χ0) is 23.8. The molecule has 7 nitrogen and oxygen atoms in total. The topological polar surface area (TPSA) is 116 Å². The lowest BCUT2D eigenvalue weighted by atomic mass is 9.99. The lowest BCUT2D eigenvalue weighted by molar-refractivity contribution is -0.137. The van der Waals surface area contributed by atoms with Gasteiger partial charge in [-0.15, -0.1) is 0 Å². The maximum Gasteiger partial charge on any atom is 0.368 e. The molecule has 0 saturated carbocycles. The highest BCUT2D eigenvalue weighted by molar-refractivity contribution is 7.92. The van der Waals surface area contributed by atoms with E-state index in [4.69, 9.17) is 15.1 Å². The number of rotatable bonds is 7. The van der Waals surface area contributed by atoms with Gasteiger partial charge in [-0.1, -0.05) is 0 Å². The van der Waals surface area contributed by atoms with E-state index >= 15 is 0 Å². The number of nitriles is 1. The molecular formula is C19H13F5N2O5S. The largest absolute Gasteiger partial charge is 0.481 e. The highest BCUT2D eigenvalue weighted by Gasteiger charge is 2.62. The Balaban J connectivity index is 2.16. The lowest BCUT2D eigenvalue weighted by Crippen LogP contribution is -2.38. The van der Waals surface area contributed by atoms with Gasteiger partial charge < -0.3 is 15.2 Å². The second kappa shape index (κ2) is 8.36. The van der Waals surface area contributed by atoms with Gasteiger partial charge in [0.1, 0.15) is 23.4 Å². The summed E-state index contributed by atoms with van der Waals surface area (Å²) in [4.78, 5) is 9.62. The molecule has 1 atom stereocenters. The molecule has 170 valence electrons. The van der Waals surface area contributed by atoms with E-state index in [2.05, 4.69) is 0 Å². The minimum Gasteiger partial charge on any atom is -0.481 e. The van der Waals surface area contributed by atoms with E-state index in [1.54, 1.807) is 6.07 Å². The molecule has 2 aromatic rings. The number of ether oxygens (including phenoxy) is 1. The van der Waals surface area contributed by atoms with Crippen LogP contribution < -0.4 is 10.1 Å². The van der Waals surface area contributed by atoms with Crippen molar-refractivity contribution < 1.29 is 45.0 Å². The number of hydrogen-bond donors (Lipinski definition) is 2. The SMILES string of the molecule is N#Cc1cc(F)cc(Oc2ccc3c(c2C(F)F)C(NCCC(=O)O)C(F)(F)S3(=O)=O)c1. The molecule has 1 unspecified atom stereocenters. The average Bonchev–Trinajstić information content (AvgIpc) is 2.83. The zero-order valence-electron chi connectivity index (χ0n) is 15.8. The van der Waals surface area contributed by atoms with Gasteiger partial charge in [-0.05, 0) is 24.3 Å². The molecule has 0 bridgehead atoms. The van der Waals surface area contributed by atoms with Crippen molar-refractivity contribution in [3.8, 4) is 17.6 Å².